The van der Waals surface area contributed by atoms with E-state index in [9.17, 15) is 17.6 Å². The lowest BCUT2D eigenvalue weighted by atomic mass is 9.76. The fraction of sp³-hybridized carbons (Fsp3) is 0.200. The molecular weight excluding hydrogens is 571 g/mol. The van der Waals surface area contributed by atoms with Crippen molar-refractivity contribution in [2.45, 2.75) is 38.9 Å². The first-order chi connectivity index (χ1) is 19.8. The van der Waals surface area contributed by atoms with Gasteiger partial charge in [0.1, 0.15) is 5.02 Å². The van der Waals surface area contributed by atoms with Crippen LogP contribution in [0.5, 0.6) is 0 Å². The summed E-state index contributed by atoms with van der Waals surface area (Å²) in [5.41, 5.74) is 0.904. The summed E-state index contributed by atoms with van der Waals surface area (Å²) < 4.78 is 63.0. The van der Waals surface area contributed by atoms with Gasteiger partial charge in [0.05, 0.1) is 64.8 Å². The Morgan fingerprint density at radius 3 is 1.60 bits per heavy atom. The average molecular weight is 595 g/mol. The Bertz CT molecular complexity index is 1600. The van der Waals surface area contributed by atoms with Gasteiger partial charge in [-0.1, -0.05) is 48.0 Å². The molecule has 1 aliphatic rings. The molecule has 0 radical (unpaired) electrons. The Labute approximate surface area is 246 Å². The quantitative estimate of drug-likeness (QED) is 0.188. The summed E-state index contributed by atoms with van der Waals surface area (Å²) in [6.07, 6.45) is 3.55. The fourth-order valence-electron chi connectivity index (χ4n) is 3.64. The summed E-state index contributed by atoms with van der Waals surface area (Å²) in [6, 6.07) is 17.7. The molecule has 0 atom stereocenters. The van der Waals surface area contributed by atoms with Gasteiger partial charge in [-0.2, -0.15) is 10.5 Å². The van der Waals surface area contributed by atoms with Crippen LogP contribution < -0.4 is 5.46 Å². The van der Waals surface area contributed by atoms with E-state index >= 15 is 0 Å². The molecule has 0 saturated carbocycles. The largest absolute Gasteiger partial charge is 0.496 e. The van der Waals surface area contributed by atoms with E-state index in [-0.39, 0.29) is 27.9 Å². The minimum Gasteiger partial charge on any atom is -0.399 e. The molecule has 214 valence electrons. The van der Waals surface area contributed by atoms with Crippen LogP contribution in [-0.4, -0.2) is 28.3 Å². The van der Waals surface area contributed by atoms with Crippen LogP contribution in [0.25, 0.3) is 11.1 Å². The highest BCUT2D eigenvalue weighted by Gasteiger charge is 2.52. The van der Waals surface area contributed by atoms with Crippen LogP contribution in [0.15, 0.2) is 73.3 Å². The molecule has 0 N–H and O–H groups in total. The summed E-state index contributed by atoms with van der Waals surface area (Å²) in [6.45, 7) is 8.01. The topological polar surface area (TPSA) is 91.8 Å². The standard InChI is InChI=1S/C13H16BNO2.C12H6F2N2.C5H2ClF2N/c1-12(2)13(3,4)17-14(16-12)11-8-6-5-7-10(11)9-15;13-10-6-16-7-11(14)12(10)9-4-2-1-3-8(9)5-15;6-5-3(7)1-9-2-4(5)8/h5-8H,1-4H3;1-4,6-7H;1-2H. The molecule has 12 heteroatoms. The van der Waals surface area contributed by atoms with E-state index in [0.29, 0.717) is 5.56 Å². The Hall–Kier alpha value is -4.29. The Morgan fingerprint density at radius 1 is 0.690 bits per heavy atom. The first kappa shape index (κ1) is 32.2. The van der Waals surface area contributed by atoms with Crippen LogP contribution in [0.3, 0.4) is 0 Å². The zero-order valence-corrected chi connectivity index (χ0v) is 23.8. The van der Waals surface area contributed by atoms with E-state index in [1.54, 1.807) is 18.2 Å². The molecule has 0 bridgehead atoms. The number of hydrogen-bond acceptors (Lipinski definition) is 6. The van der Waals surface area contributed by atoms with E-state index in [1.807, 2.05) is 52.0 Å². The minimum absolute atomic E-state index is 0.216. The van der Waals surface area contributed by atoms with E-state index in [4.69, 9.17) is 31.4 Å². The van der Waals surface area contributed by atoms with Gasteiger partial charge in [-0.25, -0.2) is 17.6 Å². The normalized spacial score (nSPS) is 14.4. The van der Waals surface area contributed by atoms with Crippen LogP contribution in [-0.2, 0) is 9.31 Å². The lowest BCUT2D eigenvalue weighted by molar-refractivity contribution is 0.00578. The summed E-state index contributed by atoms with van der Waals surface area (Å²) in [4.78, 5) is 6.60. The molecular formula is C30H24BClF4N4O2. The molecule has 1 saturated heterocycles. The van der Waals surface area contributed by atoms with E-state index in [0.717, 1.165) is 30.3 Å². The second-order valence-electron chi connectivity index (χ2n) is 9.84. The highest BCUT2D eigenvalue weighted by atomic mass is 35.5. The highest BCUT2D eigenvalue weighted by molar-refractivity contribution is 6.62. The van der Waals surface area contributed by atoms with Gasteiger partial charge in [0, 0.05) is 11.0 Å². The van der Waals surface area contributed by atoms with Crippen molar-refractivity contribution in [3.05, 3.63) is 113 Å². The predicted octanol–water partition coefficient (Wildman–Crippen LogP) is 6.77. The molecule has 4 aromatic rings. The van der Waals surface area contributed by atoms with Gasteiger partial charge in [0.25, 0.3) is 0 Å². The third-order valence-corrected chi connectivity index (χ3v) is 6.91. The van der Waals surface area contributed by atoms with Gasteiger partial charge in [0.2, 0.25) is 0 Å². The van der Waals surface area contributed by atoms with Crippen molar-refractivity contribution >= 4 is 24.2 Å². The predicted molar refractivity (Wildman–Crippen MR) is 150 cm³/mol. The van der Waals surface area contributed by atoms with Gasteiger partial charge < -0.3 is 9.31 Å². The summed E-state index contributed by atoms with van der Waals surface area (Å²) in [5, 5.41) is 17.4. The van der Waals surface area contributed by atoms with Crippen molar-refractivity contribution in [3.8, 4) is 23.3 Å². The number of aromatic nitrogens is 2. The average Bonchev–Trinajstić information content (AvgIpc) is 3.18. The fourth-order valence-corrected chi connectivity index (χ4v) is 3.73. The summed E-state index contributed by atoms with van der Waals surface area (Å²) >= 11 is 5.09. The van der Waals surface area contributed by atoms with Gasteiger partial charge >= 0.3 is 7.12 Å². The molecule has 0 spiro atoms. The molecule has 0 amide bonds. The summed E-state index contributed by atoms with van der Waals surface area (Å²) in [7, 11) is -0.462. The van der Waals surface area contributed by atoms with Crippen molar-refractivity contribution in [2.24, 2.45) is 0 Å². The molecule has 6 nitrogen and oxygen atoms in total. The van der Waals surface area contributed by atoms with E-state index < -0.39 is 35.4 Å². The Kier molecular flexibility index (Phi) is 10.4. The van der Waals surface area contributed by atoms with E-state index in [1.165, 1.54) is 12.1 Å². The number of benzene rings is 2. The third-order valence-electron chi connectivity index (χ3n) is 6.55. The van der Waals surface area contributed by atoms with Gasteiger partial charge in [0.15, 0.2) is 23.3 Å². The molecule has 2 aromatic carbocycles. The lowest BCUT2D eigenvalue weighted by Gasteiger charge is -2.32. The molecule has 0 unspecified atom stereocenters. The van der Waals surface area contributed by atoms with Crippen LogP contribution >= 0.6 is 11.6 Å². The van der Waals surface area contributed by atoms with Crippen LogP contribution in [0, 0.1) is 45.9 Å². The molecule has 1 aliphatic heterocycles. The third kappa shape index (κ3) is 7.31. The zero-order chi connectivity index (χ0) is 31.1. The number of halogens is 5. The van der Waals surface area contributed by atoms with Gasteiger partial charge in [-0.05, 0) is 39.8 Å². The van der Waals surface area contributed by atoms with Crippen LogP contribution in [0.1, 0.15) is 38.8 Å². The zero-order valence-electron chi connectivity index (χ0n) is 23.0. The number of nitriles is 2. The number of pyridine rings is 2. The number of rotatable bonds is 2. The lowest BCUT2D eigenvalue weighted by Crippen LogP contribution is -2.41. The maximum absolute atomic E-state index is 13.4. The molecule has 0 aliphatic carbocycles. The second-order valence-corrected chi connectivity index (χ2v) is 10.2. The van der Waals surface area contributed by atoms with E-state index in [2.05, 4.69) is 16.0 Å². The second kappa shape index (κ2) is 13.6. The van der Waals surface area contributed by atoms with Crippen LogP contribution in [0.2, 0.25) is 5.02 Å². The Balaban J connectivity index is 0.000000181. The van der Waals surface area contributed by atoms with Crippen molar-refractivity contribution in [2.75, 3.05) is 0 Å². The summed E-state index contributed by atoms with van der Waals surface area (Å²) in [5.74, 6) is -3.22. The maximum atomic E-state index is 13.4. The van der Waals surface area contributed by atoms with Gasteiger partial charge in [-0.15, -0.1) is 0 Å². The number of hydrogen-bond donors (Lipinski definition) is 0. The molecule has 3 heterocycles. The van der Waals surface area contributed by atoms with Crippen molar-refractivity contribution < 1.29 is 26.9 Å². The van der Waals surface area contributed by atoms with Crippen molar-refractivity contribution in [1.29, 1.82) is 10.5 Å². The molecule has 5 rings (SSSR count). The smallest absolute Gasteiger partial charge is 0.399 e. The molecule has 1 fully saturated rings. The molecule has 2 aromatic heterocycles. The minimum atomic E-state index is -0.836. The number of nitrogens with zero attached hydrogens (tertiary/aromatic N) is 4. The first-order valence-electron chi connectivity index (χ1n) is 12.4. The van der Waals surface area contributed by atoms with Crippen molar-refractivity contribution in [1.82, 2.24) is 9.97 Å². The maximum Gasteiger partial charge on any atom is 0.496 e. The molecule has 42 heavy (non-hydrogen) atoms. The highest BCUT2D eigenvalue weighted by Crippen LogP contribution is 2.36. The monoisotopic (exact) mass is 594 g/mol. The van der Waals surface area contributed by atoms with Gasteiger partial charge in [-0.3, -0.25) is 9.97 Å². The first-order valence-corrected chi connectivity index (χ1v) is 12.8. The van der Waals surface area contributed by atoms with Crippen molar-refractivity contribution in [3.63, 3.8) is 0 Å². The Morgan fingerprint density at radius 2 is 1.12 bits per heavy atom. The SMILES string of the molecule is CC1(C)OB(c2ccccc2C#N)OC1(C)C.Fc1cncc(F)c1Cl.N#Cc1ccccc1-c1c(F)cncc1F. The van der Waals surface area contributed by atoms with Crippen LogP contribution in [0.4, 0.5) is 17.6 Å².